The highest BCUT2D eigenvalue weighted by Crippen LogP contribution is 2.42. The lowest BCUT2D eigenvalue weighted by atomic mass is 10.1. The minimum Gasteiger partial charge on any atom is -0.309 e. The van der Waals surface area contributed by atoms with E-state index in [0.717, 1.165) is 0 Å². The fourth-order valence-electron chi connectivity index (χ4n) is 7.02. The van der Waals surface area contributed by atoms with Crippen LogP contribution in [-0.4, -0.2) is 8.97 Å². The van der Waals surface area contributed by atoms with Crippen LogP contribution >= 0.6 is 11.3 Å². The Morgan fingerprint density at radius 1 is 0.385 bits per heavy atom. The quantitative estimate of drug-likeness (QED) is 0.207. The Labute approximate surface area is 226 Å². The van der Waals surface area contributed by atoms with Crippen LogP contribution in [0.1, 0.15) is 0 Å². The van der Waals surface area contributed by atoms with Gasteiger partial charge in [-0.05, 0) is 42.5 Å². The van der Waals surface area contributed by atoms with Gasteiger partial charge in [-0.25, -0.2) is 0 Å². The van der Waals surface area contributed by atoms with E-state index in [9.17, 15) is 0 Å². The molecule has 0 N–H and O–H groups in total. The highest BCUT2D eigenvalue weighted by Gasteiger charge is 2.19. The molecule has 0 unspecified atom stereocenters. The highest BCUT2D eigenvalue weighted by atomic mass is 32.1. The maximum Gasteiger partial charge on any atom is 0.0620 e. The van der Waals surface area contributed by atoms with Crippen LogP contribution in [-0.2, 0) is 0 Å². The number of benzene rings is 6. The molecule has 6 aromatic carbocycles. The maximum absolute atomic E-state index is 2.47. The Kier molecular flexibility index (Phi) is 3.59. The number of aromatic nitrogens is 2. The van der Waals surface area contributed by atoms with E-state index in [1.54, 1.807) is 0 Å². The van der Waals surface area contributed by atoms with Crippen LogP contribution in [0.4, 0.5) is 0 Å². The molecule has 0 aliphatic rings. The van der Waals surface area contributed by atoms with E-state index in [0.29, 0.717) is 0 Å². The lowest BCUT2D eigenvalue weighted by molar-refractivity contribution is 1.18. The fraction of sp³-hybridized carbons (Fsp3) is 0. The van der Waals surface area contributed by atoms with Gasteiger partial charge in [-0.1, -0.05) is 78.9 Å². The number of rotatable bonds is 1. The first-order valence-electron chi connectivity index (χ1n) is 13.4. The molecule has 4 aromatic heterocycles. The van der Waals surface area contributed by atoms with Gasteiger partial charge in [0, 0.05) is 58.2 Å². The van der Waals surface area contributed by atoms with Gasteiger partial charge < -0.3 is 8.97 Å². The zero-order valence-corrected chi connectivity index (χ0v) is 21.7. The van der Waals surface area contributed by atoms with Crippen molar-refractivity contribution in [2.45, 2.75) is 0 Å². The largest absolute Gasteiger partial charge is 0.309 e. The molecule has 0 radical (unpaired) electrons. The summed E-state index contributed by atoms with van der Waals surface area (Å²) in [7, 11) is 0. The van der Waals surface area contributed by atoms with Gasteiger partial charge >= 0.3 is 0 Å². The summed E-state index contributed by atoms with van der Waals surface area (Å²) >= 11 is 1.89. The van der Waals surface area contributed by atoms with Crippen molar-refractivity contribution in [3.05, 3.63) is 121 Å². The van der Waals surface area contributed by atoms with E-state index < -0.39 is 0 Å². The third-order valence-corrected chi connectivity index (χ3v) is 9.77. The minimum atomic E-state index is 1.19. The van der Waals surface area contributed by atoms with Crippen molar-refractivity contribution in [1.29, 1.82) is 0 Å². The van der Waals surface area contributed by atoms with Crippen LogP contribution in [0.3, 0.4) is 0 Å². The maximum atomic E-state index is 2.47. The third kappa shape index (κ3) is 2.42. The van der Waals surface area contributed by atoms with E-state index in [1.807, 2.05) is 11.3 Å². The van der Waals surface area contributed by atoms with E-state index in [2.05, 4.69) is 130 Å². The first-order chi connectivity index (χ1) is 19.3. The van der Waals surface area contributed by atoms with Crippen LogP contribution in [0.5, 0.6) is 0 Å². The molecule has 0 aliphatic heterocycles. The van der Waals surface area contributed by atoms with E-state index in [4.69, 9.17) is 0 Å². The van der Waals surface area contributed by atoms with Gasteiger partial charge in [0.2, 0.25) is 0 Å². The molecule has 0 atom stereocenters. The van der Waals surface area contributed by atoms with Crippen molar-refractivity contribution >= 4 is 91.4 Å². The van der Waals surface area contributed by atoms with Gasteiger partial charge in [0.15, 0.2) is 0 Å². The molecule has 10 aromatic rings. The molecule has 180 valence electrons. The molecule has 10 rings (SSSR count). The van der Waals surface area contributed by atoms with Gasteiger partial charge in [0.05, 0.1) is 27.6 Å². The second-order valence-corrected chi connectivity index (χ2v) is 11.7. The summed E-state index contributed by atoms with van der Waals surface area (Å²) in [5.74, 6) is 0. The van der Waals surface area contributed by atoms with E-state index >= 15 is 0 Å². The minimum absolute atomic E-state index is 1.19. The average molecular weight is 513 g/mol. The average Bonchev–Trinajstić information content (AvgIpc) is 3.71. The monoisotopic (exact) mass is 512 g/mol. The predicted molar refractivity (Wildman–Crippen MR) is 168 cm³/mol. The summed E-state index contributed by atoms with van der Waals surface area (Å²) in [5, 5.41) is 10.5. The molecule has 39 heavy (non-hydrogen) atoms. The molecule has 0 saturated heterocycles. The van der Waals surface area contributed by atoms with Crippen LogP contribution in [0.25, 0.3) is 85.8 Å². The highest BCUT2D eigenvalue weighted by molar-refractivity contribution is 7.25. The molecule has 0 spiro atoms. The topological polar surface area (TPSA) is 9.34 Å². The molecule has 3 heteroatoms. The molecule has 0 saturated carbocycles. The Bertz CT molecular complexity index is 2610. The van der Waals surface area contributed by atoms with Gasteiger partial charge in [0.1, 0.15) is 0 Å². The lowest BCUT2D eigenvalue weighted by Crippen LogP contribution is -1.94. The number of thiophene rings is 1. The Balaban J connectivity index is 1.37. The molecule has 0 bridgehead atoms. The van der Waals surface area contributed by atoms with Crippen molar-refractivity contribution in [3.8, 4) is 5.69 Å². The second-order valence-electron chi connectivity index (χ2n) is 10.6. The standard InChI is InChI=1S/C36H20N2S/c1-5-14-31-22(8-1)26-11-7-12-27-24-17-16-21(18-32(24)38(31)36(26)27)37-30-13-4-2-9-23(30)28-20-35-29(19-33(28)37)25-10-3-6-15-34(25)39-35/h1-20H. The van der Waals surface area contributed by atoms with Crippen LogP contribution in [0.2, 0.25) is 0 Å². The smallest absolute Gasteiger partial charge is 0.0620 e. The normalized spacial score (nSPS) is 12.6. The predicted octanol–water partition coefficient (Wildman–Crippen LogP) is 10.3. The van der Waals surface area contributed by atoms with Crippen LogP contribution in [0, 0.1) is 0 Å². The number of hydrogen-bond acceptors (Lipinski definition) is 1. The molecule has 4 heterocycles. The van der Waals surface area contributed by atoms with Gasteiger partial charge in [-0.2, -0.15) is 0 Å². The Morgan fingerprint density at radius 3 is 1.90 bits per heavy atom. The third-order valence-electron chi connectivity index (χ3n) is 8.64. The molecular weight excluding hydrogens is 492 g/mol. The lowest BCUT2D eigenvalue weighted by Gasteiger charge is -2.09. The van der Waals surface area contributed by atoms with E-state index in [-0.39, 0.29) is 0 Å². The van der Waals surface area contributed by atoms with Crippen molar-refractivity contribution < 1.29 is 0 Å². The Morgan fingerprint density at radius 2 is 1.05 bits per heavy atom. The summed E-state index contributed by atoms with van der Waals surface area (Å²) in [5.41, 5.74) is 7.53. The zero-order chi connectivity index (χ0) is 25.2. The van der Waals surface area contributed by atoms with Crippen molar-refractivity contribution in [1.82, 2.24) is 8.97 Å². The van der Waals surface area contributed by atoms with Crippen molar-refractivity contribution in [2.24, 2.45) is 0 Å². The van der Waals surface area contributed by atoms with Gasteiger partial charge in [-0.15, -0.1) is 11.3 Å². The summed E-state index contributed by atoms with van der Waals surface area (Å²) < 4.78 is 7.62. The van der Waals surface area contributed by atoms with Crippen molar-refractivity contribution in [3.63, 3.8) is 0 Å². The summed E-state index contributed by atoms with van der Waals surface area (Å²) in [6, 6.07) is 44.9. The molecule has 2 nitrogen and oxygen atoms in total. The zero-order valence-electron chi connectivity index (χ0n) is 20.8. The molecule has 0 amide bonds. The first-order valence-corrected chi connectivity index (χ1v) is 14.2. The number of nitrogens with zero attached hydrogens (tertiary/aromatic N) is 2. The SMILES string of the molecule is c1ccc2c(c1)sc1cc3c4ccccc4n(-c4ccc5c6cccc7c8ccccc8n(c5c4)c76)c3cc12. The molecular formula is C36H20N2S. The van der Waals surface area contributed by atoms with Gasteiger partial charge in [0.25, 0.3) is 0 Å². The Hall–Kier alpha value is -4.86. The number of para-hydroxylation sites is 3. The first kappa shape index (κ1) is 20.1. The number of hydrogen-bond donors (Lipinski definition) is 0. The number of fused-ring (bicyclic) bond motifs is 12. The second kappa shape index (κ2) is 6.96. The van der Waals surface area contributed by atoms with Gasteiger partial charge in [-0.3, -0.25) is 0 Å². The summed E-state index contributed by atoms with van der Waals surface area (Å²) in [6.45, 7) is 0. The summed E-state index contributed by atoms with van der Waals surface area (Å²) in [6.07, 6.45) is 0. The fourth-order valence-corrected chi connectivity index (χ4v) is 8.15. The summed E-state index contributed by atoms with van der Waals surface area (Å²) in [4.78, 5) is 0. The molecule has 0 aliphatic carbocycles. The van der Waals surface area contributed by atoms with E-state index in [1.165, 1.54) is 85.8 Å². The molecule has 0 fully saturated rings. The van der Waals surface area contributed by atoms with Crippen molar-refractivity contribution in [2.75, 3.05) is 0 Å². The van der Waals surface area contributed by atoms with Crippen LogP contribution < -0.4 is 0 Å². The van der Waals surface area contributed by atoms with Crippen LogP contribution in [0.15, 0.2) is 121 Å².